The van der Waals surface area contributed by atoms with Crippen LogP contribution in [0, 0.1) is 10.1 Å². The van der Waals surface area contributed by atoms with E-state index >= 15 is 0 Å². The van der Waals surface area contributed by atoms with Crippen molar-refractivity contribution in [3.05, 3.63) is 10.1 Å². The molecule has 1 aliphatic carbocycles. The van der Waals surface area contributed by atoms with Gasteiger partial charge in [-0.2, -0.15) is 0 Å². The number of aliphatic hydroxyl groups excluding tert-OH is 1. The van der Waals surface area contributed by atoms with Crippen LogP contribution in [0.5, 0.6) is 0 Å². The van der Waals surface area contributed by atoms with Crippen molar-refractivity contribution in [2.45, 2.75) is 35.7 Å². The molecule has 0 bridgehead atoms. The fourth-order valence-electron chi connectivity index (χ4n) is 1.29. The Kier molecular flexibility index (Phi) is 3.15. The highest BCUT2D eigenvalue weighted by Crippen LogP contribution is 2.28. The molecule has 0 amide bonds. The second-order valence-electron chi connectivity index (χ2n) is 2.93. The Morgan fingerprint density at radius 3 is 2.08 bits per heavy atom. The third kappa shape index (κ3) is 2.00. The van der Waals surface area contributed by atoms with E-state index in [1.54, 1.807) is 0 Å². The predicted octanol–water partition coefficient (Wildman–Crippen LogP) is 1.00. The van der Waals surface area contributed by atoms with E-state index in [1.165, 1.54) is 0 Å². The highest BCUT2D eigenvalue weighted by atomic mass is 35.5. The van der Waals surface area contributed by atoms with E-state index in [9.17, 15) is 15.2 Å². The van der Waals surface area contributed by atoms with E-state index in [0.717, 1.165) is 0 Å². The SMILES string of the molecule is O=[N+]([O-])C1CC(Cl)C(O)C(Cl)C1. The van der Waals surface area contributed by atoms with E-state index in [1.807, 2.05) is 0 Å². The summed E-state index contributed by atoms with van der Waals surface area (Å²) in [4.78, 5) is 9.97. The molecule has 0 spiro atoms. The van der Waals surface area contributed by atoms with Crippen molar-refractivity contribution in [3.63, 3.8) is 0 Å². The van der Waals surface area contributed by atoms with Gasteiger partial charge in [0.1, 0.15) is 0 Å². The lowest BCUT2D eigenvalue weighted by Gasteiger charge is -2.28. The molecule has 0 aromatic carbocycles. The summed E-state index contributed by atoms with van der Waals surface area (Å²) in [5.41, 5.74) is 0. The van der Waals surface area contributed by atoms with Crippen molar-refractivity contribution in [3.8, 4) is 0 Å². The summed E-state index contributed by atoms with van der Waals surface area (Å²) in [5.74, 6) is 0. The van der Waals surface area contributed by atoms with Gasteiger partial charge in [0.15, 0.2) is 0 Å². The van der Waals surface area contributed by atoms with E-state index < -0.39 is 27.8 Å². The first-order valence-corrected chi connectivity index (χ1v) is 4.49. The molecule has 70 valence electrons. The van der Waals surface area contributed by atoms with Gasteiger partial charge in [-0.3, -0.25) is 10.1 Å². The van der Waals surface area contributed by atoms with E-state index in [4.69, 9.17) is 23.2 Å². The van der Waals surface area contributed by atoms with Gasteiger partial charge in [-0.25, -0.2) is 0 Å². The van der Waals surface area contributed by atoms with Crippen LogP contribution in [0.1, 0.15) is 12.8 Å². The molecule has 0 aliphatic heterocycles. The summed E-state index contributed by atoms with van der Waals surface area (Å²) >= 11 is 11.3. The Bertz CT molecular complexity index is 178. The average Bonchev–Trinajstić information content (AvgIpc) is 1.99. The van der Waals surface area contributed by atoms with Crippen LogP contribution in [0.2, 0.25) is 0 Å². The molecule has 1 fully saturated rings. The molecule has 0 aromatic rings. The molecule has 0 aromatic heterocycles. The first-order valence-electron chi connectivity index (χ1n) is 3.62. The quantitative estimate of drug-likeness (QED) is 0.402. The molecule has 6 heteroatoms. The third-order valence-corrected chi connectivity index (χ3v) is 2.91. The predicted molar refractivity (Wildman–Crippen MR) is 45.3 cm³/mol. The molecule has 12 heavy (non-hydrogen) atoms. The summed E-state index contributed by atoms with van der Waals surface area (Å²) in [6.07, 6.45) is -0.442. The van der Waals surface area contributed by atoms with Crippen molar-refractivity contribution in [1.29, 1.82) is 0 Å². The van der Waals surface area contributed by atoms with Gasteiger partial charge in [0.25, 0.3) is 0 Å². The number of halogens is 2. The van der Waals surface area contributed by atoms with Crippen molar-refractivity contribution in [1.82, 2.24) is 0 Å². The van der Waals surface area contributed by atoms with Crippen molar-refractivity contribution in [2.75, 3.05) is 0 Å². The smallest absolute Gasteiger partial charge is 0.216 e. The van der Waals surface area contributed by atoms with Gasteiger partial charge in [-0.05, 0) is 0 Å². The summed E-state index contributed by atoms with van der Waals surface area (Å²) in [7, 11) is 0. The van der Waals surface area contributed by atoms with Crippen LogP contribution in [0.15, 0.2) is 0 Å². The minimum Gasteiger partial charge on any atom is -0.390 e. The Balaban J connectivity index is 2.59. The average molecular weight is 214 g/mol. The highest BCUT2D eigenvalue weighted by Gasteiger charge is 2.40. The van der Waals surface area contributed by atoms with Crippen molar-refractivity contribution < 1.29 is 10.0 Å². The lowest BCUT2D eigenvalue weighted by molar-refractivity contribution is -0.526. The minimum absolute atomic E-state index is 0.193. The molecule has 0 heterocycles. The molecule has 1 saturated carbocycles. The largest absolute Gasteiger partial charge is 0.390 e. The minimum atomic E-state index is -0.829. The molecular weight excluding hydrogens is 205 g/mol. The highest BCUT2D eigenvalue weighted by molar-refractivity contribution is 6.24. The third-order valence-electron chi connectivity index (χ3n) is 2.03. The Hall–Kier alpha value is -0.0600. The summed E-state index contributed by atoms with van der Waals surface area (Å²) in [6.45, 7) is 0. The Labute approximate surface area is 79.6 Å². The first-order chi connectivity index (χ1) is 5.52. The maximum absolute atomic E-state index is 10.4. The summed E-state index contributed by atoms with van der Waals surface area (Å²) in [5, 5.41) is 18.4. The number of hydrogen-bond donors (Lipinski definition) is 1. The van der Waals surface area contributed by atoms with Crippen LogP contribution in [0.25, 0.3) is 0 Å². The maximum Gasteiger partial charge on any atom is 0.216 e. The standard InChI is InChI=1S/C6H9Cl2NO3/c7-4-1-3(9(11)12)2-5(8)6(4)10/h3-6,10H,1-2H2. The van der Waals surface area contributed by atoms with Gasteiger partial charge in [0.2, 0.25) is 6.04 Å². The maximum atomic E-state index is 10.4. The molecule has 0 radical (unpaired) electrons. The van der Waals surface area contributed by atoms with Crippen LogP contribution in [-0.4, -0.2) is 32.9 Å². The van der Waals surface area contributed by atoms with Gasteiger partial charge >= 0.3 is 0 Å². The fourth-order valence-corrected chi connectivity index (χ4v) is 2.13. The van der Waals surface area contributed by atoms with E-state index in [-0.39, 0.29) is 12.8 Å². The fraction of sp³-hybridized carbons (Fsp3) is 1.00. The number of nitro groups is 1. The van der Waals surface area contributed by atoms with Gasteiger partial charge in [-0.1, -0.05) is 0 Å². The summed E-state index contributed by atoms with van der Waals surface area (Å²) in [6, 6.07) is -0.710. The van der Waals surface area contributed by atoms with Crippen LogP contribution >= 0.6 is 23.2 Å². The first kappa shape index (κ1) is 10.0. The molecule has 2 unspecified atom stereocenters. The van der Waals surface area contributed by atoms with Gasteiger partial charge in [-0.15, -0.1) is 23.2 Å². The van der Waals surface area contributed by atoms with E-state index in [2.05, 4.69) is 0 Å². The van der Waals surface area contributed by atoms with E-state index in [0.29, 0.717) is 0 Å². The number of rotatable bonds is 1. The van der Waals surface area contributed by atoms with Crippen molar-refractivity contribution in [2.24, 2.45) is 0 Å². The Morgan fingerprint density at radius 2 is 1.75 bits per heavy atom. The topological polar surface area (TPSA) is 63.4 Å². The number of nitrogens with zero attached hydrogens (tertiary/aromatic N) is 1. The van der Waals surface area contributed by atoms with Crippen LogP contribution in [0.3, 0.4) is 0 Å². The van der Waals surface area contributed by atoms with Gasteiger partial charge < -0.3 is 5.11 Å². The van der Waals surface area contributed by atoms with Crippen LogP contribution < -0.4 is 0 Å². The lowest BCUT2D eigenvalue weighted by Crippen LogP contribution is -2.43. The van der Waals surface area contributed by atoms with Gasteiger partial charge in [0.05, 0.1) is 16.9 Å². The monoisotopic (exact) mass is 213 g/mol. The number of aliphatic hydroxyl groups is 1. The molecular formula is C6H9Cl2NO3. The molecule has 2 atom stereocenters. The van der Waals surface area contributed by atoms with Gasteiger partial charge in [0, 0.05) is 17.8 Å². The summed E-state index contributed by atoms with van der Waals surface area (Å²) < 4.78 is 0. The normalized spacial score (nSPS) is 42.6. The van der Waals surface area contributed by atoms with Crippen molar-refractivity contribution >= 4 is 23.2 Å². The Morgan fingerprint density at radius 1 is 1.33 bits per heavy atom. The zero-order chi connectivity index (χ0) is 9.30. The molecule has 1 rings (SSSR count). The zero-order valence-electron chi connectivity index (χ0n) is 6.19. The van der Waals surface area contributed by atoms with Crippen LogP contribution in [-0.2, 0) is 0 Å². The second-order valence-corrected chi connectivity index (χ2v) is 4.05. The molecule has 4 nitrogen and oxygen atoms in total. The number of hydrogen-bond acceptors (Lipinski definition) is 3. The molecule has 1 aliphatic rings. The number of alkyl halides is 2. The lowest BCUT2D eigenvalue weighted by atomic mass is 9.92. The van der Waals surface area contributed by atoms with Crippen LogP contribution in [0.4, 0.5) is 0 Å². The zero-order valence-corrected chi connectivity index (χ0v) is 7.70. The second kappa shape index (κ2) is 3.77. The molecule has 1 N–H and O–H groups in total. The molecule has 0 saturated heterocycles.